The third-order valence-corrected chi connectivity index (χ3v) is 4.43. The molecule has 1 fully saturated rings. The van der Waals surface area contributed by atoms with Gasteiger partial charge in [-0.25, -0.2) is 9.37 Å². The van der Waals surface area contributed by atoms with Gasteiger partial charge in [0.05, 0.1) is 7.11 Å². The minimum Gasteiger partial charge on any atom is -0.503 e. The number of aromatic nitrogens is 1. The summed E-state index contributed by atoms with van der Waals surface area (Å²) in [4.78, 5) is 19.0. The quantitative estimate of drug-likeness (QED) is 0.859. The van der Waals surface area contributed by atoms with E-state index in [1.165, 1.54) is 25.7 Å². The maximum absolute atomic E-state index is 13.0. The van der Waals surface area contributed by atoms with E-state index in [1.54, 1.807) is 18.2 Å². The van der Waals surface area contributed by atoms with E-state index in [-0.39, 0.29) is 29.6 Å². The van der Waals surface area contributed by atoms with Crippen LogP contribution in [-0.2, 0) is 6.54 Å². The Kier molecular flexibility index (Phi) is 5.55. The number of rotatable bonds is 5. The van der Waals surface area contributed by atoms with Crippen LogP contribution in [0.25, 0.3) is 0 Å². The Morgan fingerprint density at radius 3 is 2.62 bits per heavy atom. The molecule has 26 heavy (non-hydrogen) atoms. The molecule has 0 spiro atoms. The van der Waals surface area contributed by atoms with E-state index < -0.39 is 5.91 Å². The molecule has 0 bridgehead atoms. The first-order chi connectivity index (χ1) is 12.6. The van der Waals surface area contributed by atoms with Gasteiger partial charge in [-0.1, -0.05) is 12.1 Å². The molecule has 2 aromatic rings. The maximum atomic E-state index is 13.0. The molecule has 1 aromatic heterocycles. The second-order valence-electron chi connectivity index (χ2n) is 6.24. The number of halogens is 1. The number of nitrogens with zero attached hydrogens (tertiary/aromatic N) is 2. The highest BCUT2D eigenvalue weighted by atomic mass is 19.1. The van der Waals surface area contributed by atoms with E-state index >= 15 is 0 Å². The number of hydrogen-bond acceptors (Lipinski definition) is 5. The second kappa shape index (κ2) is 8.03. The molecule has 0 radical (unpaired) electrons. The van der Waals surface area contributed by atoms with Gasteiger partial charge in [-0.15, -0.1) is 0 Å². The topological polar surface area (TPSA) is 74.7 Å². The summed E-state index contributed by atoms with van der Waals surface area (Å²) in [7, 11) is 1.44. The minimum absolute atomic E-state index is 0.0768. The molecule has 0 saturated carbocycles. The van der Waals surface area contributed by atoms with Crippen molar-refractivity contribution < 1.29 is 19.0 Å². The summed E-state index contributed by atoms with van der Waals surface area (Å²) in [6.45, 7) is 1.92. The van der Waals surface area contributed by atoms with Gasteiger partial charge in [0.2, 0.25) is 0 Å². The van der Waals surface area contributed by atoms with Gasteiger partial charge in [0, 0.05) is 25.7 Å². The van der Waals surface area contributed by atoms with Crippen LogP contribution >= 0.6 is 0 Å². The van der Waals surface area contributed by atoms with Crippen LogP contribution in [0.3, 0.4) is 0 Å². The Bertz CT molecular complexity index is 774. The van der Waals surface area contributed by atoms with Gasteiger partial charge in [-0.3, -0.25) is 4.79 Å². The van der Waals surface area contributed by atoms with Crippen molar-refractivity contribution in [2.75, 3.05) is 25.1 Å². The summed E-state index contributed by atoms with van der Waals surface area (Å²) < 4.78 is 18.2. The highest BCUT2D eigenvalue weighted by Gasteiger charge is 2.22. The molecule has 3 rings (SSSR count). The summed E-state index contributed by atoms with van der Waals surface area (Å²) in [5, 5.41) is 13.0. The van der Waals surface area contributed by atoms with Gasteiger partial charge in [0.25, 0.3) is 5.91 Å². The largest absolute Gasteiger partial charge is 0.503 e. The summed E-state index contributed by atoms with van der Waals surface area (Å²) in [5.41, 5.74) is 0.672. The average Bonchev–Trinajstić information content (AvgIpc) is 2.68. The Hall–Kier alpha value is -2.83. The Morgan fingerprint density at radius 2 is 1.96 bits per heavy atom. The lowest BCUT2D eigenvalue weighted by molar-refractivity contribution is 0.0942. The van der Waals surface area contributed by atoms with E-state index in [1.807, 2.05) is 0 Å². The van der Waals surface area contributed by atoms with Crippen molar-refractivity contribution in [2.24, 2.45) is 0 Å². The van der Waals surface area contributed by atoms with Gasteiger partial charge in [0.1, 0.15) is 11.6 Å². The number of carbonyl (C=O) groups excluding carboxylic acids is 1. The predicted octanol–water partition coefficient (Wildman–Crippen LogP) is 2.86. The summed E-state index contributed by atoms with van der Waals surface area (Å²) in [6.07, 6.45) is 3.31. The van der Waals surface area contributed by atoms with Gasteiger partial charge in [0.15, 0.2) is 17.2 Å². The number of aromatic hydroxyl groups is 1. The molecule has 1 aliphatic heterocycles. The number of benzene rings is 1. The third kappa shape index (κ3) is 4.04. The molecule has 1 aliphatic rings. The van der Waals surface area contributed by atoms with Crippen LogP contribution in [0.5, 0.6) is 11.5 Å². The van der Waals surface area contributed by atoms with Gasteiger partial charge < -0.3 is 20.1 Å². The smallest absolute Gasteiger partial charge is 0.274 e. The molecule has 1 aromatic carbocycles. The van der Waals surface area contributed by atoms with Crippen molar-refractivity contribution >= 4 is 11.7 Å². The molecule has 2 N–H and O–H groups in total. The highest BCUT2D eigenvalue weighted by molar-refractivity contribution is 5.96. The van der Waals surface area contributed by atoms with Crippen LogP contribution in [0.15, 0.2) is 30.3 Å². The zero-order valence-electron chi connectivity index (χ0n) is 14.7. The normalized spacial score (nSPS) is 14.2. The van der Waals surface area contributed by atoms with Crippen molar-refractivity contribution in [3.63, 3.8) is 0 Å². The van der Waals surface area contributed by atoms with Crippen LogP contribution in [0, 0.1) is 5.82 Å². The standard InChI is InChI=1S/C19H22FN3O3/c1-26-15-11-16(23-9-3-2-4-10-23)22-17(18(15)24)19(25)21-12-13-5-7-14(20)8-6-13/h5-8,11,24H,2-4,9-10,12H2,1H3,(H,21,25). The van der Waals surface area contributed by atoms with Crippen LogP contribution in [-0.4, -0.2) is 36.2 Å². The van der Waals surface area contributed by atoms with Gasteiger partial charge in [-0.2, -0.15) is 0 Å². The van der Waals surface area contributed by atoms with E-state index in [0.717, 1.165) is 31.5 Å². The Labute approximate surface area is 151 Å². The lowest BCUT2D eigenvalue weighted by Gasteiger charge is -2.28. The number of hydrogen-bond donors (Lipinski definition) is 2. The second-order valence-corrected chi connectivity index (χ2v) is 6.24. The van der Waals surface area contributed by atoms with Crippen LogP contribution < -0.4 is 15.0 Å². The first kappa shape index (κ1) is 18.0. The van der Waals surface area contributed by atoms with Gasteiger partial charge in [-0.05, 0) is 37.0 Å². The minimum atomic E-state index is -0.510. The molecule has 1 saturated heterocycles. The lowest BCUT2D eigenvalue weighted by Crippen LogP contribution is -2.31. The zero-order valence-corrected chi connectivity index (χ0v) is 14.7. The van der Waals surface area contributed by atoms with E-state index in [9.17, 15) is 14.3 Å². The first-order valence-electron chi connectivity index (χ1n) is 8.64. The third-order valence-electron chi connectivity index (χ3n) is 4.43. The Balaban J connectivity index is 1.80. The predicted molar refractivity (Wildman–Crippen MR) is 96.1 cm³/mol. The summed E-state index contributed by atoms with van der Waals surface area (Å²) in [5.74, 6) is -0.300. The summed E-state index contributed by atoms with van der Waals surface area (Å²) in [6, 6.07) is 7.49. The molecule has 0 unspecified atom stereocenters. The van der Waals surface area contributed by atoms with Crippen LogP contribution in [0.2, 0.25) is 0 Å². The fourth-order valence-corrected chi connectivity index (χ4v) is 2.97. The fourth-order valence-electron chi connectivity index (χ4n) is 2.97. The van der Waals surface area contributed by atoms with Crippen LogP contribution in [0.4, 0.5) is 10.2 Å². The number of piperidine rings is 1. The van der Waals surface area contributed by atoms with Gasteiger partial charge >= 0.3 is 0 Å². The van der Waals surface area contributed by atoms with Crippen LogP contribution in [0.1, 0.15) is 35.3 Å². The maximum Gasteiger partial charge on any atom is 0.274 e. The van der Waals surface area contributed by atoms with Crippen molar-refractivity contribution in [1.82, 2.24) is 10.3 Å². The molecule has 6 nitrogen and oxygen atoms in total. The molecule has 7 heteroatoms. The number of anilines is 1. The van der Waals surface area contributed by atoms with Crippen molar-refractivity contribution in [3.8, 4) is 11.5 Å². The number of carbonyl (C=O) groups is 1. The SMILES string of the molecule is COc1cc(N2CCCCC2)nc(C(=O)NCc2ccc(F)cc2)c1O. The summed E-state index contributed by atoms with van der Waals surface area (Å²) >= 11 is 0. The first-order valence-corrected chi connectivity index (χ1v) is 8.64. The molecule has 1 amide bonds. The number of amides is 1. The van der Waals surface area contributed by atoms with E-state index in [4.69, 9.17) is 4.74 Å². The lowest BCUT2D eigenvalue weighted by atomic mass is 10.1. The zero-order chi connectivity index (χ0) is 18.5. The number of methoxy groups -OCH3 is 1. The molecule has 138 valence electrons. The molecular weight excluding hydrogens is 337 g/mol. The van der Waals surface area contributed by atoms with Crippen molar-refractivity contribution in [2.45, 2.75) is 25.8 Å². The monoisotopic (exact) mass is 359 g/mol. The molecule has 0 aliphatic carbocycles. The fraction of sp³-hybridized carbons (Fsp3) is 0.368. The van der Waals surface area contributed by atoms with E-state index in [2.05, 4.69) is 15.2 Å². The van der Waals surface area contributed by atoms with Crippen molar-refractivity contribution in [3.05, 3.63) is 47.4 Å². The number of ether oxygens (including phenoxy) is 1. The van der Waals surface area contributed by atoms with E-state index in [0.29, 0.717) is 5.82 Å². The molecular formula is C19H22FN3O3. The molecule has 2 heterocycles. The van der Waals surface area contributed by atoms with Crippen molar-refractivity contribution in [1.29, 1.82) is 0 Å². The highest BCUT2D eigenvalue weighted by Crippen LogP contribution is 2.33. The molecule has 0 atom stereocenters. The number of pyridine rings is 1. The number of nitrogens with one attached hydrogen (secondary N) is 1. The Morgan fingerprint density at radius 1 is 1.27 bits per heavy atom. The average molecular weight is 359 g/mol.